The number of carbonyl (C=O) groups excluding carboxylic acids is 2. The SMILES string of the molecule is CCOC(=O)C1=C(C)N=c2sc(=Cc3ccc(OCC(N)=O)c(OC)c3)c(=O)n2C1c1cccc(OC)c1OCC. The van der Waals surface area contributed by atoms with Crippen LogP contribution in [-0.2, 0) is 14.3 Å². The summed E-state index contributed by atoms with van der Waals surface area (Å²) in [6, 6.07) is 9.48. The zero-order valence-electron chi connectivity index (χ0n) is 23.4. The molecule has 2 N–H and O–H groups in total. The summed E-state index contributed by atoms with van der Waals surface area (Å²) < 4.78 is 29.5. The molecule has 1 aromatic heterocycles. The normalized spacial score (nSPS) is 14.7. The Labute approximate surface area is 240 Å². The van der Waals surface area contributed by atoms with Gasteiger partial charge in [0, 0.05) is 5.56 Å². The van der Waals surface area contributed by atoms with Crippen LogP contribution in [0.5, 0.6) is 23.0 Å². The molecule has 216 valence electrons. The van der Waals surface area contributed by atoms with Crippen molar-refractivity contribution in [2.24, 2.45) is 10.7 Å². The topological polar surface area (TPSA) is 141 Å². The molecule has 1 unspecified atom stereocenters. The number of hydrogen-bond donors (Lipinski definition) is 1. The standard InChI is InChI=1S/C29H31N3O8S/c1-6-38-26-18(9-8-10-20(26)36-4)25-24(28(35)39-7-2)16(3)31-29-32(25)27(34)22(41-29)14-17-11-12-19(21(13-17)37-5)40-15-23(30)33/h8-14,25H,6-7,15H2,1-5H3,(H2,30,33). The smallest absolute Gasteiger partial charge is 0.338 e. The predicted octanol–water partition coefficient (Wildman–Crippen LogP) is 2.08. The van der Waals surface area contributed by atoms with Gasteiger partial charge in [-0.25, -0.2) is 9.79 Å². The molecule has 41 heavy (non-hydrogen) atoms. The molecule has 2 heterocycles. The van der Waals surface area contributed by atoms with E-state index in [2.05, 4.69) is 4.99 Å². The molecule has 1 amide bonds. The van der Waals surface area contributed by atoms with E-state index >= 15 is 0 Å². The maximum atomic E-state index is 14.0. The predicted molar refractivity (Wildman–Crippen MR) is 152 cm³/mol. The molecule has 0 fully saturated rings. The summed E-state index contributed by atoms with van der Waals surface area (Å²) >= 11 is 1.18. The highest BCUT2D eigenvalue weighted by molar-refractivity contribution is 7.07. The Balaban J connectivity index is 1.92. The van der Waals surface area contributed by atoms with E-state index in [1.165, 1.54) is 30.1 Å². The molecule has 11 nitrogen and oxygen atoms in total. The first-order valence-corrected chi connectivity index (χ1v) is 13.6. The maximum absolute atomic E-state index is 14.0. The molecule has 0 radical (unpaired) electrons. The second-order valence-corrected chi connectivity index (χ2v) is 9.79. The van der Waals surface area contributed by atoms with Crippen molar-refractivity contribution in [3.8, 4) is 23.0 Å². The molecule has 1 aliphatic heterocycles. The van der Waals surface area contributed by atoms with Gasteiger partial charge < -0.3 is 29.4 Å². The first-order valence-electron chi connectivity index (χ1n) is 12.8. The Kier molecular flexibility index (Phi) is 9.13. The van der Waals surface area contributed by atoms with E-state index in [0.29, 0.717) is 55.8 Å². The number of para-hydroxylation sites is 1. The third-order valence-corrected chi connectivity index (χ3v) is 7.17. The number of carbonyl (C=O) groups is 2. The minimum Gasteiger partial charge on any atom is -0.493 e. The molecule has 0 bridgehead atoms. The summed E-state index contributed by atoms with van der Waals surface area (Å²) in [6.45, 7) is 5.47. The minimum atomic E-state index is -0.872. The number of primary amides is 1. The fourth-order valence-corrected chi connectivity index (χ4v) is 5.53. The molecule has 0 aliphatic carbocycles. The van der Waals surface area contributed by atoms with Crippen LogP contribution in [0, 0.1) is 0 Å². The van der Waals surface area contributed by atoms with Gasteiger partial charge in [-0.1, -0.05) is 29.5 Å². The number of fused-ring (bicyclic) bond motifs is 1. The van der Waals surface area contributed by atoms with Crippen LogP contribution in [0.3, 0.4) is 0 Å². The zero-order valence-corrected chi connectivity index (χ0v) is 24.2. The van der Waals surface area contributed by atoms with E-state index in [0.717, 1.165) is 0 Å². The van der Waals surface area contributed by atoms with Crippen molar-refractivity contribution >= 4 is 29.3 Å². The Bertz CT molecular complexity index is 1690. The monoisotopic (exact) mass is 581 g/mol. The van der Waals surface area contributed by atoms with Crippen molar-refractivity contribution in [1.29, 1.82) is 0 Å². The van der Waals surface area contributed by atoms with Crippen LogP contribution in [0.2, 0.25) is 0 Å². The van der Waals surface area contributed by atoms with Crippen LogP contribution < -0.4 is 39.6 Å². The maximum Gasteiger partial charge on any atom is 0.338 e. The lowest BCUT2D eigenvalue weighted by Crippen LogP contribution is -2.40. The number of esters is 1. The first-order chi connectivity index (χ1) is 19.7. The van der Waals surface area contributed by atoms with Gasteiger partial charge in [0.05, 0.1) is 43.2 Å². The van der Waals surface area contributed by atoms with Gasteiger partial charge in [0.2, 0.25) is 0 Å². The summed E-state index contributed by atoms with van der Waals surface area (Å²) in [5, 5.41) is 0. The van der Waals surface area contributed by atoms with Crippen LogP contribution in [-0.4, -0.2) is 50.5 Å². The Morgan fingerprint density at radius 3 is 2.46 bits per heavy atom. The van der Waals surface area contributed by atoms with Gasteiger partial charge in [0.1, 0.15) is 6.04 Å². The quantitative estimate of drug-likeness (QED) is 0.340. The molecule has 1 aliphatic rings. The largest absolute Gasteiger partial charge is 0.493 e. The van der Waals surface area contributed by atoms with E-state index in [1.54, 1.807) is 56.3 Å². The first kappa shape index (κ1) is 29.4. The lowest BCUT2D eigenvalue weighted by molar-refractivity contribution is -0.139. The lowest BCUT2D eigenvalue weighted by atomic mass is 9.94. The second-order valence-electron chi connectivity index (χ2n) is 8.78. The lowest BCUT2D eigenvalue weighted by Gasteiger charge is -2.26. The molecule has 3 aromatic rings. The molecule has 12 heteroatoms. The number of amides is 1. The van der Waals surface area contributed by atoms with Gasteiger partial charge in [-0.3, -0.25) is 14.2 Å². The molecule has 4 rings (SSSR count). The van der Waals surface area contributed by atoms with E-state index in [9.17, 15) is 14.4 Å². The Morgan fingerprint density at radius 2 is 1.80 bits per heavy atom. The van der Waals surface area contributed by atoms with Gasteiger partial charge in [0.25, 0.3) is 11.5 Å². The highest BCUT2D eigenvalue weighted by atomic mass is 32.1. The van der Waals surface area contributed by atoms with E-state index in [4.69, 9.17) is 29.4 Å². The van der Waals surface area contributed by atoms with Crippen molar-refractivity contribution in [2.75, 3.05) is 34.0 Å². The van der Waals surface area contributed by atoms with E-state index in [1.807, 2.05) is 6.92 Å². The van der Waals surface area contributed by atoms with Gasteiger partial charge in [-0.15, -0.1) is 0 Å². The van der Waals surface area contributed by atoms with Crippen molar-refractivity contribution < 1.29 is 33.3 Å². The highest BCUT2D eigenvalue weighted by Crippen LogP contribution is 2.40. The average molecular weight is 582 g/mol. The van der Waals surface area contributed by atoms with Crippen LogP contribution >= 0.6 is 11.3 Å². The number of rotatable bonds is 11. The number of thiazole rings is 1. The van der Waals surface area contributed by atoms with E-state index in [-0.39, 0.29) is 24.3 Å². The van der Waals surface area contributed by atoms with Gasteiger partial charge in [0.15, 0.2) is 34.4 Å². The van der Waals surface area contributed by atoms with Crippen LogP contribution in [0.4, 0.5) is 0 Å². The number of nitrogens with zero attached hydrogens (tertiary/aromatic N) is 2. The van der Waals surface area contributed by atoms with Crippen LogP contribution in [0.1, 0.15) is 37.9 Å². The van der Waals surface area contributed by atoms with Crippen molar-refractivity contribution in [3.05, 3.63) is 78.5 Å². The third kappa shape index (κ3) is 5.97. The minimum absolute atomic E-state index is 0.157. The van der Waals surface area contributed by atoms with Crippen LogP contribution in [0.25, 0.3) is 6.08 Å². The Hall–Kier alpha value is -4.58. The van der Waals surface area contributed by atoms with Crippen molar-refractivity contribution in [1.82, 2.24) is 4.57 Å². The van der Waals surface area contributed by atoms with Gasteiger partial charge >= 0.3 is 5.97 Å². The summed E-state index contributed by atoms with van der Waals surface area (Å²) in [4.78, 5) is 43.4. The number of methoxy groups -OCH3 is 2. The fourth-order valence-electron chi connectivity index (χ4n) is 4.49. The number of ether oxygens (including phenoxy) is 5. The number of allylic oxidation sites excluding steroid dienone is 1. The molecule has 1 atom stereocenters. The molecule has 0 saturated heterocycles. The summed E-state index contributed by atoms with van der Waals surface area (Å²) in [6.07, 6.45) is 1.69. The molecule has 2 aromatic carbocycles. The van der Waals surface area contributed by atoms with Crippen molar-refractivity contribution in [3.63, 3.8) is 0 Å². The van der Waals surface area contributed by atoms with Crippen LogP contribution in [0.15, 0.2) is 57.5 Å². The summed E-state index contributed by atoms with van der Waals surface area (Å²) in [5.74, 6) is 0.396. The second kappa shape index (κ2) is 12.7. The number of nitrogens with two attached hydrogens (primary N) is 1. The average Bonchev–Trinajstić information content (AvgIpc) is 3.25. The van der Waals surface area contributed by atoms with Gasteiger partial charge in [-0.2, -0.15) is 0 Å². The number of benzene rings is 2. The molecular formula is C29H31N3O8S. The van der Waals surface area contributed by atoms with Crippen molar-refractivity contribution in [2.45, 2.75) is 26.8 Å². The number of hydrogen-bond acceptors (Lipinski definition) is 10. The molecule has 0 spiro atoms. The third-order valence-electron chi connectivity index (χ3n) is 6.18. The highest BCUT2D eigenvalue weighted by Gasteiger charge is 2.36. The molecule has 0 saturated carbocycles. The number of aromatic nitrogens is 1. The van der Waals surface area contributed by atoms with Gasteiger partial charge in [-0.05, 0) is 50.6 Å². The molecular weight excluding hydrogens is 550 g/mol. The zero-order chi connectivity index (χ0) is 29.7. The fraction of sp³-hybridized carbons (Fsp3) is 0.310. The summed E-state index contributed by atoms with van der Waals surface area (Å²) in [5.41, 5.74) is 6.70. The van der Waals surface area contributed by atoms with E-state index < -0.39 is 17.9 Å². The Morgan fingerprint density at radius 1 is 1.05 bits per heavy atom. The summed E-state index contributed by atoms with van der Waals surface area (Å²) in [7, 11) is 2.99.